The van der Waals surface area contributed by atoms with E-state index in [9.17, 15) is 13.9 Å². The SMILES string of the molecule is OC(Cc1c(F)ccc(Br)c1F)c1ccsc1. The lowest BCUT2D eigenvalue weighted by molar-refractivity contribution is 0.176. The number of rotatable bonds is 3. The molecule has 1 aromatic heterocycles. The van der Waals surface area contributed by atoms with Crippen LogP contribution in [-0.2, 0) is 6.42 Å². The van der Waals surface area contributed by atoms with Crippen molar-refractivity contribution in [1.82, 2.24) is 0 Å². The first-order chi connectivity index (χ1) is 8.09. The molecule has 0 saturated carbocycles. The molecule has 0 aliphatic rings. The normalized spacial score (nSPS) is 12.7. The summed E-state index contributed by atoms with van der Waals surface area (Å²) in [5, 5.41) is 13.4. The Morgan fingerprint density at radius 3 is 2.71 bits per heavy atom. The van der Waals surface area contributed by atoms with E-state index in [1.54, 1.807) is 11.4 Å². The summed E-state index contributed by atoms with van der Waals surface area (Å²) in [7, 11) is 0. The van der Waals surface area contributed by atoms with Gasteiger partial charge in [0.25, 0.3) is 0 Å². The third-order valence-corrected chi connectivity index (χ3v) is 3.78. The van der Waals surface area contributed by atoms with Crippen molar-refractivity contribution in [2.45, 2.75) is 12.5 Å². The summed E-state index contributed by atoms with van der Waals surface area (Å²) in [5.74, 6) is -1.29. The predicted octanol–water partition coefficient (Wildman–Crippen LogP) is 4.06. The van der Waals surface area contributed by atoms with Crippen LogP contribution >= 0.6 is 27.3 Å². The minimum atomic E-state index is -0.889. The van der Waals surface area contributed by atoms with E-state index < -0.39 is 17.7 Å². The second-order valence-electron chi connectivity index (χ2n) is 3.60. The summed E-state index contributed by atoms with van der Waals surface area (Å²) in [6.45, 7) is 0. The van der Waals surface area contributed by atoms with Crippen LogP contribution in [0.15, 0.2) is 33.4 Å². The molecule has 1 N–H and O–H groups in total. The first-order valence-corrected chi connectivity index (χ1v) is 6.65. The maximum absolute atomic E-state index is 13.7. The monoisotopic (exact) mass is 318 g/mol. The third kappa shape index (κ3) is 2.73. The maximum Gasteiger partial charge on any atom is 0.143 e. The molecule has 2 aromatic rings. The van der Waals surface area contributed by atoms with Gasteiger partial charge < -0.3 is 5.11 Å². The molecule has 90 valence electrons. The Kier molecular flexibility index (Phi) is 3.91. The first-order valence-electron chi connectivity index (χ1n) is 4.92. The lowest BCUT2D eigenvalue weighted by Crippen LogP contribution is -2.05. The fourth-order valence-electron chi connectivity index (χ4n) is 1.53. The molecule has 1 atom stereocenters. The van der Waals surface area contributed by atoms with Gasteiger partial charge in [-0.2, -0.15) is 11.3 Å². The highest BCUT2D eigenvalue weighted by Gasteiger charge is 2.17. The molecule has 0 aliphatic heterocycles. The topological polar surface area (TPSA) is 20.2 Å². The van der Waals surface area contributed by atoms with Gasteiger partial charge in [-0.15, -0.1) is 0 Å². The number of benzene rings is 1. The van der Waals surface area contributed by atoms with Crippen LogP contribution in [0.1, 0.15) is 17.2 Å². The standard InChI is InChI=1S/C12H9BrF2OS/c13-9-1-2-10(14)8(12(9)15)5-11(16)7-3-4-17-6-7/h1-4,6,11,16H,5H2. The van der Waals surface area contributed by atoms with Gasteiger partial charge in [-0.25, -0.2) is 8.78 Å². The quantitative estimate of drug-likeness (QED) is 0.846. The Balaban J connectivity index is 2.27. The molecule has 0 spiro atoms. The van der Waals surface area contributed by atoms with E-state index in [2.05, 4.69) is 15.9 Å². The van der Waals surface area contributed by atoms with Crippen LogP contribution < -0.4 is 0 Å². The average molecular weight is 319 g/mol. The molecule has 0 amide bonds. The van der Waals surface area contributed by atoms with Crippen LogP contribution in [0.2, 0.25) is 0 Å². The van der Waals surface area contributed by atoms with E-state index in [4.69, 9.17) is 0 Å². The van der Waals surface area contributed by atoms with Gasteiger partial charge in [0, 0.05) is 12.0 Å². The van der Waals surface area contributed by atoms with Gasteiger partial charge in [-0.05, 0) is 50.5 Å². The summed E-state index contributed by atoms with van der Waals surface area (Å²) in [5.41, 5.74) is 0.576. The number of hydrogen-bond acceptors (Lipinski definition) is 2. The number of thiophene rings is 1. The van der Waals surface area contributed by atoms with E-state index in [-0.39, 0.29) is 16.5 Å². The van der Waals surface area contributed by atoms with Gasteiger partial charge in [0.15, 0.2) is 0 Å². The van der Waals surface area contributed by atoms with Crippen LogP contribution in [0.3, 0.4) is 0 Å². The minimum Gasteiger partial charge on any atom is -0.388 e. The largest absolute Gasteiger partial charge is 0.388 e. The zero-order valence-corrected chi connectivity index (χ0v) is 11.1. The summed E-state index contributed by atoms with van der Waals surface area (Å²) in [4.78, 5) is 0. The zero-order valence-electron chi connectivity index (χ0n) is 8.66. The van der Waals surface area contributed by atoms with E-state index in [0.29, 0.717) is 5.56 Å². The molecule has 1 unspecified atom stereocenters. The highest BCUT2D eigenvalue weighted by atomic mass is 79.9. The highest BCUT2D eigenvalue weighted by Crippen LogP contribution is 2.27. The summed E-state index contributed by atoms with van der Waals surface area (Å²) >= 11 is 4.43. The molecule has 0 saturated heterocycles. The molecule has 1 heterocycles. The molecule has 17 heavy (non-hydrogen) atoms. The number of aliphatic hydroxyl groups is 1. The fraction of sp³-hybridized carbons (Fsp3) is 0.167. The average Bonchev–Trinajstić information content (AvgIpc) is 2.83. The molecule has 1 aromatic carbocycles. The van der Waals surface area contributed by atoms with Gasteiger partial charge >= 0.3 is 0 Å². The van der Waals surface area contributed by atoms with Gasteiger partial charge in [-0.3, -0.25) is 0 Å². The lowest BCUT2D eigenvalue weighted by atomic mass is 10.0. The molecule has 5 heteroatoms. The molecule has 2 rings (SSSR count). The third-order valence-electron chi connectivity index (χ3n) is 2.46. The predicted molar refractivity (Wildman–Crippen MR) is 67.0 cm³/mol. The van der Waals surface area contributed by atoms with Gasteiger partial charge in [-0.1, -0.05) is 0 Å². The molecule has 0 aliphatic carbocycles. The van der Waals surface area contributed by atoms with Crippen molar-refractivity contribution in [3.63, 3.8) is 0 Å². The van der Waals surface area contributed by atoms with Gasteiger partial charge in [0.05, 0.1) is 10.6 Å². The molecule has 0 bridgehead atoms. The second-order valence-corrected chi connectivity index (χ2v) is 5.23. The number of aliphatic hydroxyl groups excluding tert-OH is 1. The number of hydrogen-bond donors (Lipinski definition) is 1. The van der Waals surface area contributed by atoms with Crippen molar-refractivity contribution in [2.75, 3.05) is 0 Å². The Morgan fingerprint density at radius 2 is 2.06 bits per heavy atom. The molecular weight excluding hydrogens is 310 g/mol. The Labute approximate surface area is 110 Å². The minimum absolute atomic E-state index is 0.0756. The van der Waals surface area contributed by atoms with Crippen LogP contribution in [0.5, 0.6) is 0 Å². The highest BCUT2D eigenvalue weighted by molar-refractivity contribution is 9.10. The van der Waals surface area contributed by atoms with Crippen molar-refractivity contribution < 1.29 is 13.9 Å². The Bertz CT molecular complexity index is 513. The first kappa shape index (κ1) is 12.7. The van der Waals surface area contributed by atoms with Gasteiger partial charge in [0.2, 0.25) is 0 Å². The van der Waals surface area contributed by atoms with Crippen molar-refractivity contribution in [1.29, 1.82) is 0 Å². The van der Waals surface area contributed by atoms with E-state index in [1.807, 2.05) is 5.38 Å². The maximum atomic E-state index is 13.7. The van der Waals surface area contributed by atoms with Crippen molar-refractivity contribution in [3.05, 3.63) is 56.2 Å². The molecule has 0 fully saturated rings. The summed E-state index contributed by atoms with van der Waals surface area (Å²) < 4.78 is 27.3. The lowest BCUT2D eigenvalue weighted by Gasteiger charge is -2.11. The smallest absolute Gasteiger partial charge is 0.143 e. The van der Waals surface area contributed by atoms with E-state index in [0.717, 1.165) is 0 Å². The Hall–Kier alpha value is -0.780. The van der Waals surface area contributed by atoms with Crippen LogP contribution in [0.4, 0.5) is 8.78 Å². The second kappa shape index (κ2) is 5.25. The number of halogens is 3. The van der Waals surface area contributed by atoms with E-state index >= 15 is 0 Å². The van der Waals surface area contributed by atoms with Crippen LogP contribution in [-0.4, -0.2) is 5.11 Å². The molecule has 0 radical (unpaired) electrons. The Morgan fingerprint density at radius 1 is 1.29 bits per heavy atom. The fourth-order valence-corrected chi connectivity index (χ4v) is 2.61. The summed E-state index contributed by atoms with van der Waals surface area (Å²) in [6.07, 6.45) is -0.965. The van der Waals surface area contributed by atoms with Crippen LogP contribution in [0, 0.1) is 11.6 Å². The van der Waals surface area contributed by atoms with Crippen molar-refractivity contribution in [3.8, 4) is 0 Å². The van der Waals surface area contributed by atoms with Crippen molar-refractivity contribution in [2.24, 2.45) is 0 Å². The van der Waals surface area contributed by atoms with Crippen LogP contribution in [0.25, 0.3) is 0 Å². The summed E-state index contributed by atoms with van der Waals surface area (Å²) in [6, 6.07) is 4.23. The molecule has 1 nitrogen and oxygen atoms in total. The molecular formula is C12H9BrF2OS. The van der Waals surface area contributed by atoms with E-state index in [1.165, 1.54) is 23.5 Å². The van der Waals surface area contributed by atoms with Crippen molar-refractivity contribution >= 4 is 27.3 Å². The zero-order chi connectivity index (χ0) is 12.4. The van der Waals surface area contributed by atoms with Gasteiger partial charge in [0.1, 0.15) is 11.6 Å².